The van der Waals surface area contributed by atoms with Crippen LogP contribution in [0.25, 0.3) is 0 Å². The lowest BCUT2D eigenvalue weighted by molar-refractivity contribution is 0.422. The second kappa shape index (κ2) is 7.28. The molecule has 1 aromatic heterocycles. The van der Waals surface area contributed by atoms with Gasteiger partial charge < -0.3 is 0 Å². The maximum atomic E-state index is 4.50. The van der Waals surface area contributed by atoms with E-state index in [0.717, 1.165) is 12.3 Å². The average molecular weight is 310 g/mol. The van der Waals surface area contributed by atoms with Crippen LogP contribution in [0.15, 0.2) is 18.3 Å². The third-order valence-electron chi connectivity index (χ3n) is 4.10. The summed E-state index contributed by atoms with van der Waals surface area (Å²) in [5.41, 5.74) is 2.58. The van der Waals surface area contributed by atoms with Crippen LogP contribution in [-0.2, 0) is 6.42 Å². The predicted molar refractivity (Wildman–Crippen MR) is 81.2 cm³/mol. The normalized spacial score (nSPS) is 19.4. The zero-order valence-electron chi connectivity index (χ0n) is 11.4. The summed E-state index contributed by atoms with van der Waals surface area (Å²) >= 11 is 3.87. The molecule has 1 nitrogen and oxygen atoms in total. The largest absolute Gasteiger partial charge is 0.261 e. The highest BCUT2D eigenvalue weighted by molar-refractivity contribution is 9.09. The van der Waals surface area contributed by atoms with Gasteiger partial charge in [0.25, 0.3) is 0 Å². The number of alkyl halides is 1. The van der Waals surface area contributed by atoms with Gasteiger partial charge in [-0.25, -0.2) is 0 Å². The van der Waals surface area contributed by atoms with Gasteiger partial charge in [-0.15, -0.1) is 0 Å². The maximum Gasteiger partial charge on any atom is 0.0443 e. The number of rotatable bonds is 4. The monoisotopic (exact) mass is 309 g/mol. The Morgan fingerprint density at radius 2 is 2.00 bits per heavy atom. The molecule has 2 heteroatoms. The molecule has 1 heterocycles. The highest BCUT2D eigenvalue weighted by atomic mass is 79.9. The second-order valence-electron chi connectivity index (χ2n) is 5.66. The quantitative estimate of drug-likeness (QED) is 0.560. The molecule has 2 rings (SSSR count). The summed E-state index contributed by atoms with van der Waals surface area (Å²) in [6.07, 6.45) is 12.9. The van der Waals surface area contributed by atoms with Crippen LogP contribution >= 0.6 is 15.9 Å². The molecule has 100 valence electrons. The lowest BCUT2D eigenvalue weighted by Gasteiger charge is -2.18. The van der Waals surface area contributed by atoms with Gasteiger partial charge >= 0.3 is 0 Å². The fourth-order valence-corrected chi connectivity index (χ4v) is 3.82. The first-order valence-electron chi connectivity index (χ1n) is 7.30. The van der Waals surface area contributed by atoms with Crippen molar-refractivity contribution in [1.82, 2.24) is 4.98 Å². The second-order valence-corrected chi connectivity index (χ2v) is 6.96. The molecule has 1 unspecified atom stereocenters. The van der Waals surface area contributed by atoms with Gasteiger partial charge in [-0.2, -0.15) is 0 Å². The van der Waals surface area contributed by atoms with E-state index in [1.54, 1.807) is 0 Å². The topological polar surface area (TPSA) is 12.9 Å². The molecule has 0 radical (unpaired) electrons. The van der Waals surface area contributed by atoms with Crippen LogP contribution in [0.3, 0.4) is 0 Å². The molecule has 1 fully saturated rings. The van der Waals surface area contributed by atoms with E-state index >= 15 is 0 Å². The van der Waals surface area contributed by atoms with Gasteiger partial charge in [-0.1, -0.05) is 60.5 Å². The molecule has 0 aliphatic heterocycles. The first-order chi connectivity index (χ1) is 8.75. The van der Waals surface area contributed by atoms with Crippen LogP contribution in [0, 0.1) is 12.8 Å². The molecule has 0 N–H and O–H groups in total. The van der Waals surface area contributed by atoms with Gasteiger partial charge in [0.1, 0.15) is 0 Å². The van der Waals surface area contributed by atoms with E-state index in [0.29, 0.717) is 4.83 Å². The van der Waals surface area contributed by atoms with Crippen molar-refractivity contribution in [3.05, 3.63) is 29.6 Å². The zero-order chi connectivity index (χ0) is 12.8. The molecule has 1 aliphatic rings. The lowest BCUT2D eigenvalue weighted by atomic mass is 9.93. The van der Waals surface area contributed by atoms with Crippen LogP contribution in [0.1, 0.15) is 56.2 Å². The molecule has 0 spiro atoms. The van der Waals surface area contributed by atoms with Crippen LogP contribution in [-0.4, -0.2) is 9.81 Å². The summed E-state index contributed by atoms with van der Waals surface area (Å²) in [7, 11) is 0. The van der Waals surface area contributed by atoms with Gasteiger partial charge in [0, 0.05) is 23.1 Å². The molecule has 1 aliphatic carbocycles. The van der Waals surface area contributed by atoms with E-state index in [4.69, 9.17) is 0 Å². The molecule has 1 atom stereocenters. The number of aromatic nitrogens is 1. The van der Waals surface area contributed by atoms with E-state index in [1.807, 2.05) is 12.3 Å². The fraction of sp³-hybridized carbons (Fsp3) is 0.688. The van der Waals surface area contributed by atoms with Crippen molar-refractivity contribution in [2.24, 2.45) is 5.92 Å². The van der Waals surface area contributed by atoms with Gasteiger partial charge in [0.05, 0.1) is 0 Å². The molecule has 0 bridgehead atoms. The van der Waals surface area contributed by atoms with Gasteiger partial charge in [0.15, 0.2) is 0 Å². The summed E-state index contributed by atoms with van der Waals surface area (Å²) in [6.45, 7) is 2.16. The van der Waals surface area contributed by atoms with Crippen molar-refractivity contribution in [1.29, 1.82) is 0 Å². The zero-order valence-corrected chi connectivity index (χ0v) is 13.0. The van der Waals surface area contributed by atoms with Crippen molar-refractivity contribution in [2.45, 2.75) is 63.1 Å². The molecule has 0 amide bonds. The minimum absolute atomic E-state index is 0.592. The van der Waals surface area contributed by atoms with E-state index in [1.165, 1.54) is 56.2 Å². The minimum atomic E-state index is 0.592. The summed E-state index contributed by atoms with van der Waals surface area (Å²) < 4.78 is 0. The third kappa shape index (κ3) is 4.38. The van der Waals surface area contributed by atoms with Gasteiger partial charge in [0.2, 0.25) is 0 Å². The Kier molecular flexibility index (Phi) is 5.68. The predicted octanol–water partition coefficient (Wildman–Crippen LogP) is 5.06. The number of halogens is 1. The third-order valence-corrected chi connectivity index (χ3v) is 4.79. The Hall–Kier alpha value is -0.370. The molecular formula is C16H24BrN. The van der Waals surface area contributed by atoms with Crippen molar-refractivity contribution in [3.8, 4) is 0 Å². The Morgan fingerprint density at radius 3 is 2.67 bits per heavy atom. The summed E-state index contributed by atoms with van der Waals surface area (Å²) in [4.78, 5) is 5.09. The molecular weight excluding hydrogens is 286 g/mol. The van der Waals surface area contributed by atoms with Crippen molar-refractivity contribution in [3.63, 3.8) is 0 Å². The van der Waals surface area contributed by atoms with Crippen molar-refractivity contribution in [2.75, 3.05) is 0 Å². The van der Waals surface area contributed by atoms with Crippen LogP contribution < -0.4 is 0 Å². The average Bonchev–Trinajstić information content (AvgIpc) is 2.61. The molecule has 0 aromatic carbocycles. The molecule has 18 heavy (non-hydrogen) atoms. The van der Waals surface area contributed by atoms with Crippen LogP contribution in [0.5, 0.6) is 0 Å². The molecule has 1 aromatic rings. The Balaban J connectivity index is 1.84. The Morgan fingerprint density at radius 1 is 1.28 bits per heavy atom. The Labute approximate surface area is 120 Å². The number of pyridine rings is 1. The van der Waals surface area contributed by atoms with Crippen molar-refractivity contribution < 1.29 is 0 Å². The Bertz CT molecular complexity index is 356. The van der Waals surface area contributed by atoms with E-state index in [2.05, 4.69) is 33.9 Å². The maximum absolute atomic E-state index is 4.50. The highest BCUT2D eigenvalue weighted by Gasteiger charge is 2.17. The summed E-state index contributed by atoms with van der Waals surface area (Å²) in [6, 6.07) is 4.18. The summed E-state index contributed by atoms with van der Waals surface area (Å²) in [5, 5.41) is 0. The van der Waals surface area contributed by atoms with Gasteiger partial charge in [-0.3, -0.25) is 4.98 Å². The summed E-state index contributed by atoms with van der Waals surface area (Å²) in [5.74, 6) is 0.931. The lowest BCUT2D eigenvalue weighted by Crippen LogP contribution is -2.12. The molecule has 0 saturated heterocycles. The number of hydrogen-bond acceptors (Lipinski definition) is 1. The SMILES string of the molecule is Cc1cccnc1CC(Br)CC1CCCCCC1. The first-order valence-corrected chi connectivity index (χ1v) is 8.22. The highest BCUT2D eigenvalue weighted by Crippen LogP contribution is 2.29. The van der Waals surface area contributed by atoms with Crippen LogP contribution in [0.2, 0.25) is 0 Å². The number of aryl methyl sites for hydroxylation is 1. The van der Waals surface area contributed by atoms with Crippen LogP contribution in [0.4, 0.5) is 0 Å². The standard InChI is InChI=1S/C16H24BrN/c1-13-7-6-10-18-16(13)12-15(17)11-14-8-4-2-3-5-9-14/h6-7,10,14-15H,2-5,8-9,11-12H2,1H3. The first kappa shape index (κ1) is 14.0. The van der Waals surface area contributed by atoms with E-state index in [9.17, 15) is 0 Å². The minimum Gasteiger partial charge on any atom is -0.261 e. The van der Waals surface area contributed by atoms with E-state index in [-0.39, 0.29) is 0 Å². The number of hydrogen-bond donors (Lipinski definition) is 0. The fourth-order valence-electron chi connectivity index (χ4n) is 2.99. The number of nitrogens with zero attached hydrogens (tertiary/aromatic N) is 1. The van der Waals surface area contributed by atoms with Gasteiger partial charge in [-0.05, 0) is 30.9 Å². The smallest absolute Gasteiger partial charge is 0.0443 e. The van der Waals surface area contributed by atoms with E-state index < -0.39 is 0 Å². The van der Waals surface area contributed by atoms with Crippen molar-refractivity contribution >= 4 is 15.9 Å². The molecule has 1 saturated carbocycles.